The van der Waals surface area contributed by atoms with Crippen LogP contribution in [0, 0.1) is 0 Å². The molecule has 0 rings (SSSR count). The Morgan fingerprint density at radius 3 is 0.508 bits per heavy atom. The smallest absolute Gasteiger partial charge is 0.449 e. The van der Waals surface area contributed by atoms with Crippen LogP contribution in [0.5, 0.6) is 0 Å². The van der Waals surface area contributed by atoms with Crippen molar-refractivity contribution < 1.29 is 11.4 Å². The fourth-order valence-electron chi connectivity index (χ4n) is 10.1. The van der Waals surface area contributed by atoms with E-state index in [1.165, 1.54) is 270 Å². The monoisotopic (exact) mass is 877 g/mol. The van der Waals surface area contributed by atoms with Gasteiger partial charge in [0.05, 0.1) is 0 Å². The summed E-state index contributed by atoms with van der Waals surface area (Å²) in [7, 11) is 0. The van der Waals surface area contributed by atoms with E-state index >= 15 is 0 Å². The van der Waals surface area contributed by atoms with Gasteiger partial charge in [0.15, 0.2) is 0 Å². The predicted octanol–water partition coefficient (Wildman–Crippen LogP) is 21.0. The topological polar surface area (TPSA) is 27.7 Å². The van der Waals surface area contributed by atoms with Gasteiger partial charge in [-0.15, -0.1) is 0 Å². The van der Waals surface area contributed by atoms with Gasteiger partial charge in [-0.05, 0) is 57.8 Å². The molecule has 0 unspecified atom stereocenters. The molecule has 3 nitrogen and oxygen atoms in total. The molecule has 0 amide bonds. The van der Waals surface area contributed by atoms with E-state index in [1.807, 2.05) is 0 Å². The van der Waals surface area contributed by atoms with Crippen molar-refractivity contribution in [3.05, 3.63) is 0 Å². The van der Waals surface area contributed by atoms with Gasteiger partial charge in [0.25, 0.3) is 0 Å². The number of hydrogen-bond acceptors (Lipinski definition) is 3. The summed E-state index contributed by atoms with van der Waals surface area (Å²) in [6, 6.07) is 0. The average molecular weight is 878 g/mol. The molecule has 0 atom stereocenters. The molecule has 0 aromatic heterocycles. The van der Waals surface area contributed by atoms with Crippen LogP contribution in [0.15, 0.2) is 0 Å². The van der Waals surface area contributed by atoms with E-state index in [2.05, 4.69) is 62.3 Å². The minimum absolute atomic E-state index is 0.133. The van der Waals surface area contributed by atoms with E-state index in [1.54, 1.807) is 0 Å². The second-order valence-electron chi connectivity index (χ2n) is 20.4. The molecule has 0 aliphatic carbocycles. The van der Waals surface area contributed by atoms with Gasteiger partial charge >= 0.3 is 15.1 Å². The van der Waals surface area contributed by atoms with Crippen molar-refractivity contribution in [3.63, 3.8) is 0 Å². The molecule has 0 heterocycles. The van der Waals surface area contributed by atoms with Crippen LogP contribution >= 0.6 is 0 Å². The van der Waals surface area contributed by atoms with Crippen molar-refractivity contribution in [1.29, 1.82) is 0 Å². The molecule has 0 saturated heterocycles. The van der Waals surface area contributed by atoms with Crippen LogP contribution in [0.1, 0.15) is 351 Å². The Kier molecular flexibility index (Phi) is 44.6. The number of hydrogen-bond donors (Lipinski definition) is 0. The minimum Gasteiger partial charge on any atom is -0.449 e. The van der Waals surface area contributed by atoms with Gasteiger partial charge in [0, 0.05) is 16.8 Å². The Labute approximate surface area is 392 Å². The van der Waals surface area contributed by atoms with Crippen LogP contribution in [0.2, 0.25) is 0 Å². The maximum absolute atomic E-state index is 7.89. The fourth-order valence-corrected chi connectivity index (χ4v) is 12.7. The molecule has 0 aliphatic rings. The summed E-state index contributed by atoms with van der Waals surface area (Å²) in [6.45, 7) is 21.4. The Bertz CT molecular complexity index is 704. The molecule has 366 valence electrons. The van der Waals surface area contributed by atoms with E-state index in [0.29, 0.717) is 0 Å². The molecule has 0 aromatic carbocycles. The van der Waals surface area contributed by atoms with Crippen LogP contribution in [0.4, 0.5) is 0 Å². The molecule has 4 heteroatoms. The van der Waals surface area contributed by atoms with E-state index in [9.17, 15) is 0 Å². The van der Waals surface area contributed by atoms with Crippen molar-refractivity contribution in [1.82, 2.24) is 0 Å². The van der Waals surface area contributed by atoms with E-state index < -0.39 is 15.1 Å². The summed E-state index contributed by atoms with van der Waals surface area (Å²) in [5.74, 6) is 0. The van der Waals surface area contributed by atoms with Crippen LogP contribution in [-0.4, -0.2) is 32.0 Å². The summed E-state index contributed by atoms with van der Waals surface area (Å²) in [6.07, 6.45) is 58.5. The number of rotatable bonds is 51. The van der Waals surface area contributed by atoms with Gasteiger partial charge in [-0.2, -0.15) is 0 Å². The maximum atomic E-state index is 7.89. The molecule has 0 saturated carbocycles. The van der Waals surface area contributed by atoms with Gasteiger partial charge in [0.1, 0.15) is 0 Å². The Hall–Kier alpha value is 0.412. The van der Waals surface area contributed by atoms with Crippen molar-refractivity contribution in [2.24, 2.45) is 0 Å². The fraction of sp³-hybridized carbons (Fsp3) is 1.00. The molecular formula is C57H117AlO3. The van der Waals surface area contributed by atoms with Gasteiger partial charge in [-0.3, -0.25) is 0 Å². The zero-order valence-electron chi connectivity index (χ0n) is 44.1. The highest BCUT2D eigenvalue weighted by Gasteiger charge is 2.50. The van der Waals surface area contributed by atoms with Gasteiger partial charge in [-0.1, -0.05) is 293 Å². The molecule has 0 aromatic rings. The molecule has 0 aliphatic heterocycles. The average Bonchev–Trinajstić information content (AvgIpc) is 3.27. The molecule has 0 fully saturated rings. The van der Waals surface area contributed by atoms with E-state index in [4.69, 9.17) is 11.4 Å². The van der Waals surface area contributed by atoms with E-state index in [0.717, 1.165) is 19.3 Å². The van der Waals surface area contributed by atoms with Crippen LogP contribution in [0.3, 0.4) is 0 Å². The Balaban J connectivity index is 6.97. The molecule has 0 spiro atoms. The van der Waals surface area contributed by atoms with Crippen molar-refractivity contribution in [3.8, 4) is 0 Å². The lowest BCUT2D eigenvalue weighted by atomic mass is 9.87. The van der Waals surface area contributed by atoms with Crippen molar-refractivity contribution in [2.75, 3.05) is 0 Å². The summed E-state index contributed by atoms with van der Waals surface area (Å²) >= 11 is -2.58. The maximum Gasteiger partial charge on any atom is 0.906 e. The number of unbranched alkanes of at least 4 members (excludes halogenated alkanes) is 30. The lowest BCUT2D eigenvalue weighted by Gasteiger charge is -2.44. The van der Waals surface area contributed by atoms with Gasteiger partial charge in [0.2, 0.25) is 0 Å². The lowest BCUT2D eigenvalue weighted by molar-refractivity contribution is -0.109. The third-order valence-corrected chi connectivity index (χ3v) is 17.0. The summed E-state index contributed by atoms with van der Waals surface area (Å²) in [5.41, 5.74) is -0.399. The lowest BCUT2D eigenvalue weighted by Crippen LogP contribution is -2.51. The molecule has 0 bridgehead atoms. The summed E-state index contributed by atoms with van der Waals surface area (Å²) in [4.78, 5) is 0. The van der Waals surface area contributed by atoms with Crippen LogP contribution in [-0.2, 0) is 11.4 Å². The largest absolute Gasteiger partial charge is 0.906 e. The highest BCUT2D eigenvalue weighted by molar-refractivity contribution is 6.37. The third-order valence-electron chi connectivity index (χ3n) is 14.9. The first-order chi connectivity index (χ1) is 29.8. The highest BCUT2D eigenvalue weighted by Crippen LogP contribution is 2.39. The van der Waals surface area contributed by atoms with Gasteiger partial charge in [-0.25, -0.2) is 0 Å². The second-order valence-corrected chi connectivity index (χ2v) is 21.6. The zero-order valence-corrected chi connectivity index (χ0v) is 45.3. The van der Waals surface area contributed by atoms with Crippen molar-refractivity contribution in [2.45, 2.75) is 368 Å². The summed E-state index contributed by atoms with van der Waals surface area (Å²) in [5, 5.41) is 0. The molecule has 61 heavy (non-hydrogen) atoms. The molecule has 0 N–H and O–H groups in total. The van der Waals surface area contributed by atoms with Gasteiger partial charge < -0.3 is 11.4 Å². The Morgan fingerprint density at radius 1 is 0.213 bits per heavy atom. The summed E-state index contributed by atoms with van der Waals surface area (Å²) < 4.78 is 23.7. The molecule has 0 radical (unpaired) electrons. The molecular weight excluding hydrogens is 760 g/mol. The first-order valence-electron chi connectivity index (χ1n) is 28.9. The third kappa shape index (κ3) is 33.5. The SMILES string of the molecule is CCCCCCCCC(CC)(CCCCCCCC)[O][Al]([O]C(CC)(CCCCCCCC)CCCCCCCC)[O]C(CC)(CCCCCCCC)CCCCCCCC. The normalized spacial score (nSPS) is 12.5. The first-order valence-corrected chi connectivity index (χ1v) is 30.3. The van der Waals surface area contributed by atoms with Crippen molar-refractivity contribution >= 4 is 15.1 Å². The first kappa shape index (κ1) is 61.4. The second kappa shape index (κ2) is 44.3. The zero-order chi connectivity index (χ0) is 45.0. The quantitative estimate of drug-likeness (QED) is 0.0450. The Morgan fingerprint density at radius 2 is 0.361 bits per heavy atom. The predicted molar refractivity (Wildman–Crippen MR) is 276 cm³/mol. The standard InChI is InChI=1S/3C19H39O.Al/c3*1-4-7-9-11-13-15-17-19(20,6-3)18-16-14-12-10-8-5-2;/h3*4-18H2,1-3H3;/q3*-1;+3. The van der Waals surface area contributed by atoms with Crippen LogP contribution < -0.4 is 0 Å². The van der Waals surface area contributed by atoms with Crippen LogP contribution in [0.25, 0.3) is 0 Å². The highest BCUT2D eigenvalue weighted by atomic mass is 27.3. The minimum atomic E-state index is -2.58. The van der Waals surface area contributed by atoms with E-state index in [-0.39, 0.29) is 16.8 Å².